The van der Waals surface area contributed by atoms with Crippen LogP contribution in [0.1, 0.15) is 53.9 Å². The van der Waals surface area contributed by atoms with Crippen molar-refractivity contribution < 1.29 is 0 Å². The Morgan fingerprint density at radius 3 is 2.17 bits per heavy atom. The zero-order chi connectivity index (χ0) is 9.78. The maximum absolute atomic E-state index is 4.13. The molecule has 0 radical (unpaired) electrons. The van der Waals surface area contributed by atoms with E-state index in [2.05, 4.69) is 41.2 Å². The highest BCUT2D eigenvalue weighted by Gasteiger charge is 2.12. The largest absolute Gasteiger partial charge is 0.0998 e. The molecule has 0 aromatic heterocycles. The Morgan fingerprint density at radius 2 is 1.83 bits per heavy atom. The average molecular weight is 168 g/mol. The topological polar surface area (TPSA) is 0 Å². The lowest BCUT2D eigenvalue weighted by Gasteiger charge is -2.21. The van der Waals surface area contributed by atoms with Crippen LogP contribution in [0.4, 0.5) is 0 Å². The molecule has 0 aromatic rings. The van der Waals surface area contributed by atoms with Crippen LogP contribution in [0, 0.1) is 11.3 Å². The molecule has 0 aliphatic rings. The molecule has 0 fully saturated rings. The molecule has 0 saturated carbocycles. The molecule has 0 saturated heterocycles. The highest BCUT2D eigenvalue weighted by Crippen LogP contribution is 2.27. The Hall–Kier alpha value is -0.260. The Morgan fingerprint density at radius 1 is 1.33 bits per heavy atom. The quantitative estimate of drug-likeness (QED) is 0.545. The third-order valence-corrected chi connectivity index (χ3v) is 2.11. The van der Waals surface area contributed by atoms with E-state index in [1.165, 1.54) is 18.4 Å². The first kappa shape index (κ1) is 11.7. The SMILES string of the molecule is C=C(CC(C)CC)CC(C)(C)C. The van der Waals surface area contributed by atoms with Crippen molar-refractivity contribution in [3.8, 4) is 0 Å². The van der Waals surface area contributed by atoms with E-state index in [1.54, 1.807) is 0 Å². The molecule has 0 rings (SSSR count). The summed E-state index contributed by atoms with van der Waals surface area (Å²) in [7, 11) is 0. The maximum atomic E-state index is 4.13. The first-order valence-electron chi connectivity index (χ1n) is 5.02. The van der Waals surface area contributed by atoms with Crippen molar-refractivity contribution >= 4 is 0 Å². The van der Waals surface area contributed by atoms with Gasteiger partial charge in [-0.3, -0.25) is 0 Å². The van der Waals surface area contributed by atoms with Crippen LogP contribution in [0.25, 0.3) is 0 Å². The van der Waals surface area contributed by atoms with Crippen LogP contribution < -0.4 is 0 Å². The summed E-state index contributed by atoms with van der Waals surface area (Å²) in [4.78, 5) is 0. The first-order valence-corrected chi connectivity index (χ1v) is 5.02. The van der Waals surface area contributed by atoms with E-state index in [-0.39, 0.29) is 0 Å². The second kappa shape index (κ2) is 4.69. The van der Waals surface area contributed by atoms with Crippen LogP contribution in [0.2, 0.25) is 0 Å². The lowest BCUT2D eigenvalue weighted by Crippen LogP contribution is -2.07. The number of hydrogen-bond donors (Lipinski definition) is 0. The number of allylic oxidation sites excluding steroid dienone is 1. The van der Waals surface area contributed by atoms with Gasteiger partial charge in [0, 0.05) is 0 Å². The number of hydrogen-bond acceptors (Lipinski definition) is 0. The van der Waals surface area contributed by atoms with E-state index < -0.39 is 0 Å². The van der Waals surface area contributed by atoms with Crippen LogP contribution in [0.15, 0.2) is 12.2 Å². The van der Waals surface area contributed by atoms with Crippen LogP contribution in [-0.4, -0.2) is 0 Å². The summed E-state index contributed by atoms with van der Waals surface area (Å²) in [6.45, 7) is 15.5. The van der Waals surface area contributed by atoms with E-state index in [1.807, 2.05) is 0 Å². The van der Waals surface area contributed by atoms with Gasteiger partial charge in [-0.2, -0.15) is 0 Å². The van der Waals surface area contributed by atoms with Crippen LogP contribution >= 0.6 is 0 Å². The summed E-state index contributed by atoms with van der Waals surface area (Å²) < 4.78 is 0. The van der Waals surface area contributed by atoms with Crippen molar-refractivity contribution in [3.05, 3.63) is 12.2 Å². The molecule has 0 bridgehead atoms. The molecule has 0 nitrogen and oxygen atoms in total. The molecular weight excluding hydrogens is 144 g/mol. The summed E-state index contributed by atoms with van der Waals surface area (Å²) in [5.74, 6) is 0.805. The van der Waals surface area contributed by atoms with Crippen LogP contribution in [-0.2, 0) is 0 Å². The molecule has 0 heterocycles. The zero-order valence-electron chi connectivity index (χ0n) is 9.41. The van der Waals surface area contributed by atoms with Crippen molar-refractivity contribution in [2.24, 2.45) is 11.3 Å². The van der Waals surface area contributed by atoms with Crippen molar-refractivity contribution in [2.75, 3.05) is 0 Å². The molecule has 0 spiro atoms. The van der Waals surface area contributed by atoms with Gasteiger partial charge in [0.2, 0.25) is 0 Å². The van der Waals surface area contributed by atoms with E-state index in [0.29, 0.717) is 5.41 Å². The normalized spacial score (nSPS) is 14.4. The summed E-state index contributed by atoms with van der Waals surface area (Å²) in [6, 6.07) is 0. The highest BCUT2D eigenvalue weighted by atomic mass is 14.2. The van der Waals surface area contributed by atoms with Gasteiger partial charge < -0.3 is 0 Å². The number of rotatable bonds is 4. The standard InChI is InChI=1S/C12H24/c1-7-10(2)8-11(3)9-12(4,5)6/h10H,3,7-9H2,1-2,4-6H3. The monoisotopic (exact) mass is 168 g/mol. The first-order chi connectivity index (χ1) is 5.35. The fourth-order valence-corrected chi connectivity index (χ4v) is 1.46. The van der Waals surface area contributed by atoms with Crippen LogP contribution in [0.3, 0.4) is 0 Å². The van der Waals surface area contributed by atoms with Gasteiger partial charge in [0.1, 0.15) is 0 Å². The van der Waals surface area contributed by atoms with E-state index in [9.17, 15) is 0 Å². The molecule has 1 atom stereocenters. The molecule has 0 amide bonds. The Balaban J connectivity index is 3.75. The molecule has 1 unspecified atom stereocenters. The second-order valence-electron chi connectivity index (χ2n) is 5.20. The fraction of sp³-hybridized carbons (Fsp3) is 0.833. The van der Waals surface area contributed by atoms with Gasteiger partial charge in [-0.1, -0.05) is 53.2 Å². The third kappa shape index (κ3) is 6.45. The minimum Gasteiger partial charge on any atom is -0.0998 e. The molecule has 72 valence electrons. The van der Waals surface area contributed by atoms with Crippen molar-refractivity contribution in [1.29, 1.82) is 0 Å². The lowest BCUT2D eigenvalue weighted by atomic mass is 9.85. The van der Waals surface area contributed by atoms with E-state index in [4.69, 9.17) is 0 Å². The summed E-state index contributed by atoms with van der Waals surface area (Å²) >= 11 is 0. The summed E-state index contributed by atoms with van der Waals surface area (Å²) in [6.07, 6.45) is 3.63. The lowest BCUT2D eigenvalue weighted by molar-refractivity contribution is 0.394. The highest BCUT2D eigenvalue weighted by molar-refractivity contribution is 4.98. The zero-order valence-corrected chi connectivity index (χ0v) is 9.41. The molecule has 0 aliphatic heterocycles. The molecule has 12 heavy (non-hydrogen) atoms. The van der Waals surface area contributed by atoms with Gasteiger partial charge in [0.15, 0.2) is 0 Å². The van der Waals surface area contributed by atoms with Gasteiger partial charge in [-0.05, 0) is 24.2 Å². The Kier molecular flexibility index (Phi) is 4.59. The molecule has 0 aromatic carbocycles. The minimum atomic E-state index is 0.407. The second-order valence-corrected chi connectivity index (χ2v) is 5.20. The fourth-order valence-electron chi connectivity index (χ4n) is 1.46. The molecule has 0 aliphatic carbocycles. The molecule has 0 heteroatoms. The predicted octanol–water partition coefficient (Wildman–Crippen LogP) is 4.42. The van der Waals surface area contributed by atoms with E-state index in [0.717, 1.165) is 12.3 Å². The van der Waals surface area contributed by atoms with Crippen molar-refractivity contribution in [2.45, 2.75) is 53.9 Å². The van der Waals surface area contributed by atoms with E-state index >= 15 is 0 Å². The van der Waals surface area contributed by atoms with Gasteiger partial charge in [0.25, 0.3) is 0 Å². The Labute approximate surface area is 78.1 Å². The van der Waals surface area contributed by atoms with Gasteiger partial charge in [-0.25, -0.2) is 0 Å². The Bertz CT molecular complexity index is 137. The van der Waals surface area contributed by atoms with Crippen molar-refractivity contribution in [3.63, 3.8) is 0 Å². The summed E-state index contributed by atoms with van der Waals surface area (Å²) in [5.41, 5.74) is 1.82. The smallest absolute Gasteiger partial charge is 0.0274 e. The van der Waals surface area contributed by atoms with Gasteiger partial charge in [0.05, 0.1) is 0 Å². The van der Waals surface area contributed by atoms with Crippen molar-refractivity contribution in [1.82, 2.24) is 0 Å². The third-order valence-electron chi connectivity index (χ3n) is 2.11. The van der Waals surface area contributed by atoms with Crippen LogP contribution in [0.5, 0.6) is 0 Å². The maximum Gasteiger partial charge on any atom is -0.0274 e. The van der Waals surface area contributed by atoms with Gasteiger partial charge in [-0.15, -0.1) is 0 Å². The average Bonchev–Trinajstić information content (AvgIpc) is 1.82. The summed E-state index contributed by atoms with van der Waals surface area (Å²) in [5, 5.41) is 0. The predicted molar refractivity (Wildman–Crippen MR) is 57.3 cm³/mol. The molecular formula is C12H24. The van der Waals surface area contributed by atoms with Gasteiger partial charge >= 0.3 is 0 Å². The minimum absolute atomic E-state index is 0.407. The molecule has 0 N–H and O–H groups in total.